The Kier molecular flexibility index (Phi) is 2.07. The van der Waals surface area contributed by atoms with Crippen molar-refractivity contribution in [2.75, 3.05) is 5.73 Å². The van der Waals surface area contributed by atoms with E-state index in [-0.39, 0.29) is 11.2 Å². The topological polar surface area (TPSA) is 77.6 Å². The Morgan fingerprint density at radius 2 is 2.15 bits per heavy atom. The number of nitrogens with two attached hydrogens (primary N) is 1. The predicted octanol–water partition coefficient (Wildman–Crippen LogP) is 1.23. The SMILES string of the molecule is Nc1nc(Cl)nc(-c2cncs2)n1. The van der Waals surface area contributed by atoms with Gasteiger partial charge in [0.1, 0.15) is 0 Å². The number of hydrogen-bond donors (Lipinski definition) is 1. The lowest BCUT2D eigenvalue weighted by Crippen LogP contribution is -1.98. The molecule has 0 aliphatic rings. The molecule has 0 aromatic carbocycles. The summed E-state index contributed by atoms with van der Waals surface area (Å²) in [6.07, 6.45) is 1.65. The number of rotatable bonds is 1. The van der Waals surface area contributed by atoms with E-state index in [1.54, 1.807) is 11.7 Å². The second-order valence-electron chi connectivity index (χ2n) is 2.15. The number of aromatic nitrogens is 4. The molecule has 2 aromatic rings. The molecule has 2 heterocycles. The van der Waals surface area contributed by atoms with Gasteiger partial charge in [0.05, 0.1) is 10.4 Å². The summed E-state index contributed by atoms with van der Waals surface area (Å²) in [6, 6.07) is 0. The van der Waals surface area contributed by atoms with Crippen molar-refractivity contribution < 1.29 is 0 Å². The summed E-state index contributed by atoms with van der Waals surface area (Å²) in [6.45, 7) is 0. The van der Waals surface area contributed by atoms with E-state index in [9.17, 15) is 0 Å². The zero-order valence-corrected chi connectivity index (χ0v) is 7.88. The van der Waals surface area contributed by atoms with Crippen LogP contribution < -0.4 is 5.73 Å². The van der Waals surface area contributed by atoms with Gasteiger partial charge >= 0.3 is 0 Å². The Hall–Kier alpha value is -1.27. The number of anilines is 1. The molecule has 2 rings (SSSR count). The highest BCUT2D eigenvalue weighted by Gasteiger charge is 2.05. The van der Waals surface area contributed by atoms with Crippen molar-refractivity contribution in [2.45, 2.75) is 0 Å². The van der Waals surface area contributed by atoms with Gasteiger partial charge in [-0.05, 0) is 11.6 Å². The van der Waals surface area contributed by atoms with E-state index in [1.807, 2.05) is 0 Å². The molecule has 0 saturated carbocycles. The lowest BCUT2D eigenvalue weighted by atomic mass is 10.5. The molecule has 0 fully saturated rings. The van der Waals surface area contributed by atoms with Gasteiger partial charge in [0.2, 0.25) is 11.2 Å². The van der Waals surface area contributed by atoms with Crippen LogP contribution in [0, 0.1) is 0 Å². The second-order valence-corrected chi connectivity index (χ2v) is 3.38. The van der Waals surface area contributed by atoms with Gasteiger partial charge in [0, 0.05) is 6.20 Å². The number of halogens is 1. The third kappa shape index (κ3) is 1.73. The standard InChI is InChI=1S/C6H4ClN5S/c7-5-10-4(11-6(8)12-5)3-1-9-2-13-3/h1-2H,(H2,8,10,11,12). The summed E-state index contributed by atoms with van der Waals surface area (Å²) >= 11 is 7.02. The van der Waals surface area contributed by atoms with Crippen molar-refractivity contribution in [1.29, 1.82) is 0 Å². The molecule has 0 amide bonds. The third-order valence-electron chi connectivity index (χ3n) is 1.28. The van der Waals surface area contributed by atoms with E-state index >= 15 is 0 Å². The predicted molar refractivity (Wildman–Crippen MR) is 50.4 cm³/mol. The van der Waals surface area contributed by atoms with E-state index in [0.29, 0.717) is 5.82 Å². The molecule has 13 heavy (non-hydrogen) atoms. The number of nitrogens with zero attached hydrogens (tertiary/aromatic N) is 4. The molecule has 0 radical (unpaired) electrons. The van der Waals surface area contributed by atoms with Crippen molar-refractivity contribution in [1.82, 2.24) is 19.9 Å². The second kappa shape index (κ2) is 3.23. The minimum Gasteiger partial charge on any atom is -0.368 e. The van der Waals surface area contributed by atoms with Gasteiger partial charge in [-0.15, -0.1) is 11.3 Å². The zero-order valence-electron chi connectivity index (χ0n) is 6.31. The summed E-state index contributed by atoms with van der Waals surface area (Å²) in [5.74, 6) is 0.573. The molecule has 0 bridgehead atoms. The monoisotopic (exact) mass is 213 g/mol. The molecule has 0 spiro atoms. The van der Waals surface area contributed by atoms with Crippen molar-refractivity contribution in [3.8, 4) is 10.7 Å². The summed E-state index contributed by atoms with van der Waals surface area (Å²) in [5.41, 5.74) is 7.09. The number of hydrogen-bond acceptors (Lipinski definition) is 6. The van der Waals surface area contributed by atoms with Crippen LogP contribution in [0.3, 0.4) is 0 Å². The van der Waals surface area contributed by atoms with E-state index in [2.05, 4.69) is 19.9 Å². The Labute approximate surface area is 82.7 Å². The summed E-state index contributed by atoms with van der Waals surface area (Å²) < 4.78 is 0. The summed E-state index contributed by atoms with van der Waals surface area (Å²) in [4.78, 5) is 16.2. The van der Waals surface area contributed by atoms with Gasteiger partial charge in [-0.3, -0.25) is 4.98 Å². The summed E-state index contributed by atoms with van der Waals surface area (Å²) in [5, 5.41) is 0.0934. The van der Waals surface area contributed by atoms with E-state index < -0.39 is 0 Å². The average molecular weight is 214 g/mol. The van der Waals surface area contributed by atoms with Crippen LogP contribution in [0.4, 0.5) is 5.95 Å². The number of thiazole rings is 1. The zero-order chi connectivity index (χ0) is 9.26. The first kappa shape index (κ1) is 8.33. The van der Waals surface area contributed by atoms with Crippen LogP contribution in [-0.4, -0.2) is 19.9 Å². The van der Waals surface area contributed by atoms with E-state index in [1.165, 1.54) is 11.3 Å². The van der Waals surface area contributed by atoms with Crippen LogP contribution >= 0.6 is 22.9 Å². The lowest BCUT2D eigenvalue weighted by Gasteiger charge is -1.96. The normalized spacial score (nSPS) is 10.2. The first-order valence-corrected chi connectivity index (χ1v) is 4.57. The number of nitrogen functional groups attached to an aromatic ring is 1. The molecule has 66 valence electrons. The highest BCUT2D eigenvalue weighted by atomic mass is 35.5. The summed E-state index contributed by atoms with van der Waals surface area (Å²) in [7, 11) is 0. The minimum atomic E-state index is 0.0934. The fraction of sp³-hybridized carbons (Fsp3) is 0. The average Bonchev–Trinajstić information content (AvgIpc) is 2.53. The fourth-order valence-electron chi connectivity index (χ4n) is 0.802. The highest BCUT2D eigenvalue weighted by molar-refractivity contribution is 7.13. The third-order valence-corrected chi connectivity index (χ3v) is 2.22. The molecule has 0 aliphatic carbocycles. The molecule has 0 unspecified atom stereocenters. The Morgan fingerprint density at radius 3 is 2.77 bits per heavy atom. The van der Waals surface area contributed by atoms with Gasteiger partial charge in [0.15, 0.2) is 5.82 Å². The van der Waals surface area contributed by atoms with E-state index in [0.717, 1.165) is 4.88 Å². The van der Waals surface area contributed by atoms with E-state index in [4.69, 9.17) is 17.3 Å². The van der Waals surface area contributed by atoms with Gasteiger partial charge < -0.3 is 5.73 Å². The molecule has 0 saturated heterocycles. The van der Waals surface area contributed by atoms with Crippen LogP contribution in [0.5, 0.6) is 0 Å². The first-order valence-electron chi connectivity index (χ1n) is 3.31. The Morgan fingerprint density at radius 1 is 1.31 bits per heavy atom. The largest absolute Gasteiger partial charge is 0.368 e. The van der Waals surface area contributed by atoms with Crippen LogP contribution in [0.15, 0.2) is 11.7 Å². The Balaban J connectivity index is 2.53. The molecule has 2 N–H and O–H groups in total. The molecule has 7 heteroatoms. The molecular weight excluding hydrogens is 210 g/mol. The van der Waals surface area contributed by atoms with Crippen molar-refractivity contribution in [2.24, 2.45) is 0 Å². The minimum absolute atomic E-state index is 0.0934. The first-order chi connectivity index (χ1) is 6.25. The molecule has 0 atom stereocenters. The maximum Gasteiger partial charge on any atom is 0.227 e. The van der Waals surface area contributed by atoms with Crippen LogP contribution in [0.1, 0.15) is 0 Å². The van der Waals surface area contributed by atoms with Crippen LogP contribution in [-0.2, 0) is 0 Å². The molecular formula is C6H4ClN5S. The van der Waals surface area contributed by atoms with Crippen molar-refractivity contribution in [3.63, 3.8) is 0 Å². The smallest absolute Gasteiger partial charge is 0.227 e. The molecule has 0 aliphatic heterocycles. The lowest BCUT2D eigenvalue weighted by molar-refractivity contribution is 1.08. The van der Waals surface area contributed by atoms with Gasteiger partial charge in [0.25, 0.3) is 0 Å². The van der Waals surface area contributed by atoms with Crippen molar-refractivity contribution in [3.05, 3.63) is 17.0 Å². The van der Waals surface area contributed by atoms with Crippen LogP contribution in [0.2, 0.25) is 5.28 Å². The molecule has 2 aromatic heterocycles. The van der Waals surface area contributed by atoms with Crippen molar-refractivity contribution >= 4 is 28.9 Å². The fourth-order valence-corrected chi connectivity index (χ4v) is 1.52. The highest BCUT2D eigenvalue weighted by Crippen LogP contribution is 2.20. The van der Waals surface area contributed by atoms with Crippen LogP contribution in [0.25, 0.3) is 10.7 Å². The van der Waals surface area contributed by atoms with Gasteiger partial charge in [-0.1, -0.05) is 0 Å². The van der Waals surface area contributed by atoms with Gasteiger partial charge in [-0.2, -0.15) is 15.0 Å². The maximum atomic E-state index is 5.61. The van der Waals surface area contributed by atoms with Gasteiger partial charge in [-0.25, -0.2) is 0 Å². The Bertz CT molecular complexity index is 395. The quantitative estimate of drug-likeness (QED) is 0.771. The maximum absolute atomic E-state index is 5.61. The molecule has 5 nitrogen and oxygen atoms in total.